The number of amides is 1. The van der Waals surface area contributed by atoms with E-state index in [1.54, 1.807) is 6.92 Å². The first-order chi connectivity index (χ1) is 7.15. The number of piperidine rings is 1. The zero-order chi connectivity index (χ0) is 11.3. The smallest absolute Gasteiger partial charge is 0.323 e. The lowest BCUT2D eigenvalue weighted by Gasteiger charge is -2.33. The first-order valence-electron chi connectivity index (χ1n) is 5.37. The summed E-state index contributed by atoms with van der Waals surface area (Å²) in [5, 5.41) is 11.9. The van der Waals surface area contributed by atoms with Crippen LogP contribution >= 0.6 is 0 Å². The van der Waals surface area contributed by atoms with Crippen LogP contribution in [0.2, 0.25) is 0 Å². The number of nitrogens with zero attached hydrogens (tertiary/aromatic N) is 1. The Hall–Kier alpha value is -1.10. The third kappa shape index (κ3) is 3.51. The first kappa shape index (κ1) is 12.0. The van der Waals surface area contributed by atoms with Crippen LogP contribution in [0.15, 0.2) is 0 Å². The van der Waals surface area contributed by atoms with Crippen molar-refractivity contribution in [2.24, 2.45) is 0 Å². The molecule has 1 saturated heterocycles. The minimum absolute atomic E-state index is 0.0655. The van der Waals surface area contributed by atoms with Gasteiger partial charge in [-0.05, 0) is 25.9 Å². The normalized spacial score (nSPS) is 17.4. The number of carboxylic acids is 1. The lowest BCUT2D eigenvalue weighted by atomic mass is 10.0. The SMILES string of the molecule is CCC(=O)N(CC(=O)O)C1CCNCC1. The van der Waals surface area contributed by atoms with E-state index in [-0.39, 0.29) is 18.5 Å². The molecular weight excluding hydrogens is 196 g/mol. The predicted molar refractivity (Wildman–Crippen MR) is 55.5 cm³/mol. The van der Waals surface area contributed by atoms with Crippen LogP contribution in [0.3, 0.4) is 0 Å². The molecule has 1 aliphatic rings. The molecule has 0 bridgehead atoms. The average Bonchev–Trinajstić information content (AvgIpc) is 2.26. The van der Waals surface area contributed by atoms with E-state index in [2.05, 4.69) is 5.32 Å². The second-order valence-corrected chi connectivity index (χ2v) is 3.75. The van der Waals surface area contributed by atoms with Gasteiger partial charge in [-0.1, -0.05) is 6.92 Å². The standard InChI is InChI=1S/C10H18N2O3/c1-2-9(13)12(7-10(14)15)8-3-5-11-6-4-8/h8,11H,2-7H2,1H3,(H,14,15). The van der Waals surface area contributed by atoms with Crippen molar-refractivity contribution in [3.05, 3.63) is 0 Å². The van der Waals surface area contributed by atoms with Gasteiger partial charge in [-0.15, -0.1) is 0 Å². The van der Waals surface area contributed by atoms with E-state index in [1.165, 1.54) is 4.90 Å². The summed E-state index contributed by atoms with van der Waals surface area (Å²) in [5.41, 5.74) is 0. The maximum absolute atomic E-state index is 11.6. The summed E-state index contributed by atoms with van der Waals surface area (Å²) < 4.78 is 0. The lowest BCUT2D eigenvalue weighted by Crippen LogP contribution is -2.48. The number of nitrogens with one attached hydrogen (secondary N) is 1. The molecule has 86 valence electrons. The minimum Gasteiger partial charge on any atom is -0.480 e. The van der Waals surface area contributed by atoms with E-state index in [0.29, 0.717) is 6.42 Å². The van der Waals surface area contributed by atoms with Crippen molar-refractivity contribution < 1.29 is 14.7 Å². The number of carbonyl (C=O) groups excluding carboxylic acids is 1. The first-order valence-corrected chi connectivity index (χ1v) is 5.37. The van der Waals surface area contributed by atoms with Gasteiger partial charge in [0, 0.05) is 12.5 Å². The molecule has 0 radical (unpaired) electrons. The number of carboxylic acid groups (broad SMARTS) is 1. The van der Waals surface area contributed by atoms with Crippen LogP contribution in [0, 0.1) is 0 Å². The van der Waals surface area contributed by atoms with Crippen LogP contribution < -0.4 is 5.32 Å². The van der Waals surface area contributed by atoms with Crippen molar-refractivity contribution in [1.82, 2.24) is 10.2 Å². The van der Waals surface area contributed by atoms with Crippen LogP contribution in [-0.4, -0.2) is 47.6 Å². The Kier molecular flexibility index (Phi) is 4.55. The summed E-state index contributed by atoms with van der Waals surface area (Å²) in [6.07, 6.45) is 2.06. The summed E-state index contributed by atoms with van der Waals surface area (Å²) in [4.78, 5) is 23.8. The van der Waals surface area contributed by atoms with Gasteiger partial charge in [-0.2, -0.15) is 0 Å². The molecule has 0 aromatic heterocycles. The molecule has 0 aliphatic carbocycles. The zero-order valence-corrected chi connectivity index (χ0v) is 9.03. The van der Waals surface area contributed by atoms with Crippen molar-refractivity contribution in [2.45, 2.75) is 32.2 Å². The van der Waals surface area contributed by atoms with Crippen molar-refractivity contribution in [3.8, 4) is 0 Å². The van der Waals surface area contributed by atoms with Gasteiger partial charge in [0.25, 0.3) is 0 Å². The van der Waals surface area contributed by atoms with Crippen molar-refractivity contribution in [3.63, 3.8) is 0 Å². The quantitative estimate of drug-likeness (QED) is 0.694. The van der Waals surface area contributed by atoms with Gasteiger partial charge in [0.1, 0.15) is 6.54 Å². The van der Waals surface area contributed by atoms with Crippen molar-refractivity contribution >= 4 is 11.9 Å². The molecule has 0 aromatic carbocycles. The van der Waals surface area contributed by atoms with Crippen LogP contribution in [0.4, 0.5) is 0 Å². The van der Waals surface area contributed by atoms with Crippen LogP contribution in [0.25, 0.3) is 0 Å². The molecule has 1 rings (SSSR count). The molecule has 0 aromatic rings. The molecular formula is C10H18N2O3. The molecule has 0 spiro atoms. The molecule has 1 heterocycles. The highest BCUT2D eigenvalue weighted by molar-refractivity contribution is 5.81. The fourth-order valence-electron chi connectivity index (χ4n) is 1.89. The van der Waals surface area contributed by atoms with E-state index in [4.69, 9.17) is 5.11 Å². The highest BCUT2D eigenvalue weighted by Gasteiger charge is 2.25. The van der Waals surface area contributed by atoms with E-state index in [0.717, 1.165) is 25.9 Å². The van der Waals surface area contributed by atoms with Crippen LogP contribution in [-0.2, 0) is 9.59 Å². The molecule has 1 amide bonds. The molecule has 2 N–H and O–H groups in total. The Morgan fingerprint density at radius 3 is 2.47 bits per heavy atom. The van der Waals surface area contributed by atoms with Gasteiger partial charge in [0.15, 0.2) is 0 Å². The number of hydrogen-bond acceptors (Lipinski definition) is 3. The van der Waals surface area contributed by atoms with Crippen molar-refractivity contribution in [1.29, 1.82) is 0 Å². The highest BCUT2D eigenvalue weighted by atomic mass is 16.4. The molecule has 5 nitrogen and oxygen atoms in total. The summed E-state index contributed by atoms with van der Waals surface area (Å²) in [5.74, 6) is -1.00. The number of hydrogen-bond donors (Lipinski definition) is 2. The Bertz CT molecular complexity index is 237. The maximum Gasteiger partial charge on any atom is 0.323 e. The molecule has 0 unspecified atom stereocenters. The molecule has 0 atom stereocenters. The van der Waals surface area contributed by atoms with Gasteiger partial charge in [0.05, 0.1) is 0 Å². The fourth-order valence-corrected chi connectivity index (χ4v) is 1.89. The van der Waals surface area contributed by atoms with E-state index in [9.17, 15) is 9.59 Å². The second kappa shape index (κ2) is 5.70. The maximum atomic E-state index is 11.6. The Balaban J connectivity index is 2.60. The Morgan fingerprint density at radius 1 is 1.40 bits per heavy atom. The molecule has 15 heavy (non-hydrogen) atoms. The monoisotopic (exact) mass is 214 g/mol. The highest BCUT2D eigenvalue weighted by Crippen LogP contribution is 2.12. The number of carbonyl (C=O) groups is 2. The summed E-state index contributed by atoms with van der Waals surface area (Å²) in [6.45, 7) is 3.31. The molecule has 1 fully saturated rings. The minimum atomic E-state index is -0.935. The third-order valence-corrected chi connectivity index (χ3v) is 2.68. The Labute approximate surface area is 89.4 Å². The summed E-state index contributed by atoms with van der Waals surface area (Å²) in [6, 6.07) is 0.0924. The van der Waals surface area contributed by atoms with Gasteiger partial charge >= 0.3 is 5.97 Å². The average molecular weight is 214 g/mol. The summed E-state index contributed by atoms with van der Waals surface area (Å²) >= 11 is 0. The van der Waals surface area contributed by atoms with E-state index >= 15 is 0 Å². The second-order valence-electron chi connectivity index (χ2n) is 3.75. The van der Waals surface area contributed by atoms with Crippen LogP contribution in [0.1, 0.15) is 26.2 Å². The van der Waals surface area contributed by atoms with Gasteiger partial charge in [0.2, 0.25) is 5.91 Å². The fraction of sp³-hybridized carbons (Fsp3) is 0.800. The largest absolute Gasteiger partial charge is 0.480 e. The summed E-state index contributed by atoms with van der Waals surface area (Å²) in [7, 11) is 0. The number of rotatable bonds is 4. The van der Waals surface area contributed by atoms with Crippen molar-refractivity contribution in [2.75, 3.05) is 19.6 Å². The van der Waals surface area contributed by atoms with E-state index in [1.807, 2.05) is 0 Å². The van der Waals surface area contributed by atoms with E-state index < -0.39 is 5.97 Å². The topological polar surface area (TPSA) is 69.6 Å². The Morgan fingerprint density at radius 2 is 2.00 bits per heavy atom. The van der Waals surface area contributed by atoms with Gasteiger partial charge < -0.3 is 15.3 Å². The predicted octanol–water partition coefficient (Wildman–Crippen LogP) is 0.0616. The van der Waals surface area contributed by atoms with Gasteiger partial charge in [-0.25, -0.2) is 0 Å². The van der Waals surface area contributed by atoms with Crippen LogP contribution in [0.5, 0.6) is 0 Å². The third-order valence-electron chi connectivity index (χ3n) is 2.68. The zero-order valence-electron chi connectivity index (χ0n) is 9.03. The molecule has 1 aliphatic heterocycles. The molecule has 5 heteroatoms. The molecule has 0 saturated carbocycles. The number of aliphatic carboxylic acids is 1. The van der Waals surface area contributed by atoms with Gasteiger partial charge in [-0.3, -0.25) is 9.59 Å². The lowest BCUT2D eigenvalue weighted by molar-refractivity contribution is -0.146.